The fourth-order valence-corrected chi connectivity index (χ4v) is 5.97. The molecule has 3 heterocycles. The summed E-state index contributed by atoms with van der Waals surface area (Å²) in [5.74, 6) is 1.78. The van der Waals surface area contributed by atoms with Crippen molar-refractivity contribution in [3.63, 3.8) is 0 Å². The molecule has 8 heteroatoms. The Kier molecular flexibility index (Phi) is 6.20. The fourth-order valence-electron chi connectivity index (χ4n) is 4.67. The van der Waals surface area contributed by atoms with Crippen molar-refractivity contribution in [3.05, 3.63) is 102 Å². The van der Waals surface area contributed by atoms with Crippen LogP contribution in [0.4, 0.5) is 5.69 Å². The van der Waals surface area contributed by atoms with Crippen molar-refractivity contribution >= 4 is 23.4 Å². The highest BCUT2D eigenvalue weighted by Crippen LogP contribution is 2.46. The predicted octanol–water partition coefficient (Wildman–Crippen LogP) is 5.11. The van der Waals surface area contributed by atoms with Crippen LogP contribution in [0, 0.1) is 0 Å². The highest BCUT2D eigenvalue weighted by atomic mass is 32.2. The number of phenols is 1. The van der Waals surface area contributed by atoms with Gasteiger partial charge in [-0.2, -0.15) is 0 Å². The van der Waals surface area contributed by atoms with E-state index in [4.69, 9.17) is 9.47 Å². The molecule has 0 unspecified atom stereocenters. The van der Waals surface area contributed by atoms with E-state index in [1.54, 1.807) is 41.6 Å². The molecule has 0 saturated carbocycles. The molecule has 7 nitrogen and oxygen atoms in total. The molecule has 0 bridgehead atoms. The average molecular weight is 513 g/mol. The van der Waals surface area contributed by atoms with Gasteiger partial charge in [0.1, 0.15) is 11.0 Å². The van der Waals surface area contributed by atoms with Gasteiger partial charge in [0.25, 0.3) is 0 Å². The number of aromatic nitrogens is 1. The van der Waals surface area contributed by atoms with E-state index in [1.165, 1.54) is 11.8 Å². The number of hydrogen-bond donors (Lipinski definition) is 2. The summed E-state index contributed by atoms with van der Waals surface area (Å²) in [6.45, 7) is 0.174. The summed E-state index contributed by atoms with van der Waals surface area (Å²) in [5, 5.41) is 20.3. The first-order chi connectivity index (χ1) is 18.1. The number of β-lactam (4-membered cyclic amide) rings is 1. The summed E-state index contributed by atoms with van der Waals surface area (Å²) in [5.41, 5.74) is 4.45. The Bertz CT molecular complexity index is 1410. The van der Waals surface area contributed by atoms with Gasteiger partial charge in [-0.15, -0.1) is 11.8 Å². The van der Waals surface area contributed by atoms with E-state index in [1.807, 2.05) is 54.6 Å². The van der Waals surface area contributed by atoms with E-state index in [2.05, 4.69) is 4.98 Å². The summed E-state index contributed by atoms with van der Waals surface area (Å²) >= 11 is 1.43. The van der Waals surface area contributed by atoms with Gasteiger partial charge < -0.3 is 24.6 Å². The summed E-state index contributed by atoms with van der Waals surface area (Å²) in [6, 6.07) is 23.8. The zero-order valence-electron chi connectivity index (χ0n) is 19.7. The van der Waals surface area contributed by atoms with Crippen molar-refractivity contribution < 1.29 is 24.5 Å². The minimum absolute atomic E-state index is 0.0184. The third kappa shape index (κ3) is 4.50. The Hall–Kier alpha value is -4.01. The number of benzene rings is 3. The van der Waals surface area contributed by atoms with Gasteiger partial charge in [0.05, 0.1) is 12.1 Å². The summed E-state index contributed by atoms with van der Waals surface area (Å²) < 4.78 is 10.8. The van der Waals surface area contributed by atoms with Crippen LogP contribution in [0.3, 0.4) is 0 Å². The number of rotatable bonds is 7. The van der Waals surface area contributed by atoms with Gasteiger partial charge in [0.2, 0.25) is 12.7 Å². The lowest BCUT2D eigenvalue weighted by Gasteiger charge is -2.47. The minimum Gasteiger partial charge on any atom is -0.508 e. The Labute approximate surface area is 218 Å². The predicted molar refractivity (Wildman–Crippen MR) is 142 cm³/mol. The van der Waals surface area contributed by atoms with E-state index in [9.17, 15) is 15.0 Å². The number of phenolic OH excluding ortho intramolecular Hbond substituents is 1. The number of thioether (sulfide) groups is 1. The molecule has 1 aromatic heterocycles. The average Bonchev–Trinajstić information content (AvgIpc) is 3.41. The lowest BCUT2D eigenvalue weighted by atomic mass is 9.92. The smallest absolute Gasteiger partial charge is 0.243 e. The van der Waals surface area contributed by atoms with Crippen molar-refractivity contribution in [2.45, 2.75) is 17.4 Å². The van der Waals surface area contributed by atoms with Crippen LogP contribution in [0.2, 0.25) is 0 Å². The molecule has 0 radical (unpaired) electrons. The molecule has 2 aliphatic heterocycles. The lowest BCUT2D eigenvalue weighted by molar-refractivity contribution is -0.123. The SMILES string of the molecule is O=C1[C@H](SC[C@H](O)c2ccc3c(c2)OCO3)[C@@H](c2ccc(O)cc2)N1c1ccc(-c2cccnc2)cc1. The molecule has 37 heavy (non-hydrogen) atoms. The Morgan fingerprint density at radius 3 is 2.51 bits per heavy atom. The molecule has 1 fully saturated rings. The minimum atomic E-state index is -0.763. The number of ether oxygens (including phenoxy) is 2. The zero-order valence-corrected chi connectivity index (χ0v) is 20.5. The highest BCUT2D eigenvalue weighted by molar-refractivity contribution is 8.00. The van der Waals surface area contributed by atoms with Crippen LogP contribution in [0.5, 0.6) is 17.2 Å². The summed E-state index contributed by atoms with van der Waals surface area (Å²) in [4.78, 5) is 19.4. The van der Waals surface area contributed by atoms with Gasteiger partial charge in [-0.05, 0) is 64.7 Å². The summed E-state index contributed by atoms with van der Waals surface area (Å²) in [7, 11) is 0. The molecule has 186 valence electrons. The second kappa shape index (κ2) is 9.80. The number of nitrogens with zero attached hydrogens (tertiary/aromatic N) is 2. The molecule has 2 aliphatic rings. The van der Waals surface area contributed by atoms with E-state index in [0.29, 0.717) is 22.8 Å². The second-order valence-corrected chi connectivity index (χ2v) is 10.1. The largest absolute Gasteiger partial charge is 0.508 e. The monoisotopic (exact) mass is 512 g/mol. The maximum Gasteiger partial charge on any atom is 0.243 e. The van der Waals surface area contributed by atoms with Crippen molar-refractivity contribution in [1.29, 1.82) is 0 Å². The molecule has 3 aromatic carbocycles. The number of pyridine rings is 1. The van der Waals surface area contributed by atoms with Gasteiger partial charge in [0.15, 0.2) is 11.5 Å². The van der Waals surface area contributed by atoms with Crippen LogP contribution in [-0.4, -0.2) is 38.9 Å². The van der Waals surface area contributed by atoms with Gasteiger partial charge in [-0.1, -0.05) is 36.4 Å². The standard InChI is InChI=1S/C29H24N2O5S/c32-23-10-5-19(6-11-23)27-28(37-16-24(33)20-7-12-25-26(14-20)36-17-35-25)29(34)31(27)22-8-3-18(4-9-22)21-2-1-13-30-15-21/h1-15,24,27-28,32-33H,16-17H2/t24-,27+,28+/m0/s1. The number of aliphatic hydroxyl groups excluding tert-OH is 1. The second-order valence-electron chi connectivity index (χ2n) is 8.92. The van der Waals surface area contributed by atoms with Crippen LogP contribution in [-0.2, 0) is 4.79 Å². The third-order valence-electron chi connectivity index (χ3n) is 6.64. The molecule has 0 spiro atoms. The number of amides is 1. The zero-order chi connectivity index (χ0) is 25.4. The van der Waals surface area contributed by atoms with Gasteiger partial charge in [0, 0.05) is 23.8 Å². The quantitative estimate of drug-likeness (QED) is 0.333. The van der Waals surface area contributed by atoms with Crippen molar-refractivity contribution in [3.8, 4) is 28.4 Å². The Morgan fingerprint density at radius 2 is 1.76 bits per heavy atom. The van der Waals surface area contributed by atoms with Crippen molar-refractivity contribution in [1.82, 2.24) is 4.98 Å². The molecule has 1 amide bonds. The number of hydrogen-bond acceptors (Lipinski definition) is 7. The van der Waals surface area contributed by atoms with Crippen LogP contribution >= 0.6 is 11.8 Å². The molecule has 4 aromatic rings. The number of carbonyl (C=O) groups is 1. The van der Waals surface area contributed by atoms with Crippen LogP contribution < -0.4 is 14.4 Å². The van der Waals surface area contributed by atoms with E-state index in [-0.39, 0.29) is 29.7 Å². The Balaban J connectivity index is 1.22. The van der Waals surface area contributed by atoms with Crippen molar-refractivity contribution in [2.75, 3.05) is 17.4 Å². The topological polar surface area (TPSA) is 92.1 Å². The maximum atomic E-state index is 13.4. The van der Waals surface area contributed by atoms with E-state index in [0.717, 1.165) is 22.4 Å². The number of aliphatic hydroxyl groups is 1. The molecule has 3 atom stereocenters. The first kappa shape index (κ1) is 23.4. The lowest BCUT2D eigenvalue weighted by Crippen LogP contribution is -2.57. The number of carbonyl (C=O) groups excluding carboxylic acids is 1. The summed E-state index contributed by atoms with van der Waals surface area (Å²) in [6.07, 6.45) is 2.78. The van der Waals surface area contributed by atoms with E-state index < -0.39 is 6.10 Å². The normalized spacial score (nSPS) is 18.9. The van der Waals surface area contributed by atoms with Gasteiger partial charge in [-0.25, -0.2) is 0 Å². The van der Waals surface area contributed by atoms with Crippen LogP contribution in [0.25, 0.3) is 11.1 Å². The van der Waals surface area contributed by atoms with Gasteiger partial charge >= 0.3 is 0 Å². The van der Waals surface area contributed by atoms with Gasteiger partial charge in [-0.3, -0.25) is 9.78 Å². The first-order valence-corrected chi connectivity index (χ1v) is 12.9. The molecule has 2 N–H and O–H groups in total. The number of fused-ring (bicyclic) bond motifs is 1. The number of anilines is 1. The molecule has 1 saturated heterocycles. The number of aromatic hydroxyl groups is 1. The molecular formula is C29H24N2O5S. The Morgan fingerprint density at radius 1 is 0.973 bits per heavy atom. The molecule has 6 rings (SSSR count). The van der Waals surface area contributed by atoms with Crippen LogP contribution in [0.15, 0.2) is 91.3 Å². The van der Waals surface area contributed by atoms with Crippen molar-refractivity contribution in [2.24, 2.45) is 0 Å². The molecular weight excluding hydrogens is 488 g/mol. The van der Waals surface area contributed by atoms with E-state index >= 15 is 0 Å². The maximum absolute atomic E-state index is 13.4. The molecule has 0 aliphatic carbocycles. The third-order valence-corrected chi connectivity index (χ3v) is 7.96. The first-order valence-electron chi connectivity index (χ1n) is 11.9. The van der Waals surface area contributed by atoms with Crippen LogP contribution in [0.1, 0.15) is 23.3 Å². The fraction of sp³-hybridized carbons (Fsp3) is 0.172. The highest BCUT2D eigenvalue weighted by Gasteiger charge is 2.49.